The van der Waals surface area contributed by atoms with Gasteiger partial charge in [0.2, 0.25) is 0 Å². The predicted octanol–water partition coefficient (Wildman–Crippen LogP) is 3.79. The molecule has 0 spiro atoms. The Hall–Kier alpha value is -0.810. The van der Waals surface area contributed by atoms with Gasteiger partial charge < -0.3 is 15.4 Å². The van der Waals surface area contributed by atoms with Crippen molar-refractivity contribution in [3.8, 4) is 0 Å². The lowest BCUT2D eigenvalue weighted by Crippen LogP contribution is -2.39. The van der Waals surface area contributed by atoms with Crippen LogP contribution >= 0.6 is 24.0 Å². The molecular formula is C18H28Cl2N2O2. The molecule has 0 bridgehead atoms. The quantitative estimate of drug-likeness (QED) is 0.704. The van der Waals surface area contributed by atoms with Crippen molar-refractivity contribution >= 4 is 29.9 Å². The van der Waals surface area contributed by atoms with Crippen LogP contribution in [-0.2, 0) is 16.1 Å². The average Bonchev–Trinajstić information content (AvgIpc) is 3.04. The van der Waals surface area contributed by atoms with E-state index in [9.17, 15) is 4.79 Å². The second kappa shape index (κ2) is 10.9. The molecule has 0 radical (unpaired) electrons. The minimum absolute atomic E-state index is 0. The Bertz CT molecular complexity index is 496. The van der Waals surface area contributed by atoms with E-state index in [0.717, 1.165) is 44.2 Å². The number of hydrogen-bond acceptors (Lipinski definition) is 3. The van der Waals surface area contributed by atoms with Crippen molar-refractivity contribution in [1.82, 2.24) is 4.90 Å². The van der Waals surface area contributed by atoms with Gasteiger partial charge in [0.15, 0.2) is 0 Å². The summed E-state index contributed by atoms with van der Waals surface area (Å²) in [6.45, 7) is 4.02. The molecule has 1 aromatic rings. The van der Waals surface area contributed by atoms with Gasteiger partial charge in [0, 0.05) is 24.7 Å². The van der Waals surface area contributed by atoms with Gasteiger partial charge >= 0.3 is 0 Å². The first-order valence-corrected chi connectivity index (χ1v) is 8.90. The highest BCUT2D eigenvalue weighted by molar-refractivity contribution is 6.30. The number of carbonyl (C=O) groups excluding carboxylic acids is 1. The lowest BCUT2D eigenvalue weighted by Gasteiger charge is -2.26. The average molecular weight is 375 g/mol. The molecule has 0 aliphatic carbocycles. The van der Waals surface area contributed by atoms with Crippen LogP contribution in [-0.4, -0.2) is 36.1 Å². The fraction of sp³-hybridized carbons (Fsp3) is 0.611. The number of hydrogen-bond donors (Lipinski definition) is 1. The van der Waals surface area contributed by atoms with Gasteiger partial charge in [0.05, 0.1) is 6.10 Å². The summed E-state index contributed by atoms with van der Waals surface area (Å²) in [5.41, 5.74) is 6.74. The van der Waals surface area contributed by atoms with Gasteiger partial charge in [0.25, 0.3) is 5.91 Å². The van der Waals surface area contributed by atoms with E-state index in [0.29, 0.717) is 18.1 Å². The summed E-state index contributed by atoms with van der Waals surface area (Å²) in [6, 6.07) is 7.67. The third kappa shape index (κ3) is 6.25. The number of nitrogens with two attached hydrogens (primary N) is 1. The van der Waals surface area contributed by atoms with Gasteiger partial charge in [-0.15, -0.1) is 12.4 Å². The standard InChI is InChI=1S/C18H27ClN2O2.ClH/c1-2-3-4-11-21(13-14-5-7-15(19)8-6-14)18(22)17-10-9-16(12-20)23-17;/h5-8,16-17H,2-4,9-13,20H2,1H3;1H/t16-,17+;/m1./s1. The van der Waals surface area contributed by atoms with Crippen molar-refractivity contribution < 1.29 is 9.53 Å². The molecule has 4 nitrogen and oxygen atoms in total. The topological polar surface area (TPSA) is 55.6 Å². The molecule has 1 amide bonds. The normalized spacial score (nSPS) is 19.8. The maximum Gasteiger partial charge on any atom is 0.252 e. The number of amides is 1. The molecule has 1 heterocycles. The van der Waals surface area contributed by atoms with Gasteiger partial charge in [-0.05, 0) is 37.0 Å². The smallest absolute Gasteiger partial charge is 0.252 e. The molecule has 136 valence electrons. The number of carbonyl (C=O) groups is 1. The van der Waals surface area contributed by atoms with E-state index in [-0.39, 0.29) is 30.5 Å². The van der Waals surface area contributed by atoms with E-state index < -0.39 is 0 Å². The van der Waals surface area contributed by atoms with Crippen LogP contribution < -0.4 is 5.73 Å². The zero-order valence-corrected chi connectivity index (χ0v) is 15.8. The number of unbranched alkanes of at least 4 members (excludes halogenated alkanes) is 2. The Labute approximate surface area is 156 Å². The maximum atomic E-state index is 12.8. The van der Waals surface area contributed by atoms with Gasteiger partial charge in [-0.2, -0.15) is 0 Å². The Kier molecular flexibility index (Phi) is 9.67. The first-order chi connectivity index (χ1) is 11.1. The highest BCUT2D eigenvalue weighted by atomic mass is 35.5. The van der Waals surface area contributed by atoms with Crippen molar-refractivity contribution in [2.24, 2.45) is 5.73 Å². The molecule has 1 saturated heterocycles. The molecule has 6 heteroatoms. The highest BCUT2D eigenvalue weighted by Crippen LogP contribution is 2.22. The van der Waals surface area contributed by atoms with Gasteiger partial charge in [-0.25, -0.2) is 0 Å². The molecule has 1 aromatic carbocycles. The van der Waals surface area contributed by atoms with E-state index >= 15 is 0 Å². The second-order valence-electron chi connectivity index (χ2n) is 6.15. The summed E-state index contributed by atoms with van der Waals surface area (Å²) in [5.74, 6) is 0.0898. The summed E-state index contributed by atoms with van der Waals surface area (Å²) < 4.78 is 5.78. The van der Waals surface area contributed by atoms with Crippen LogP contribution in [0.2, 0.25) is 5.02 Å². The largest absolute Gasteiger partial charge is 0.364 e. The number of ether oxygens (including phenoxy) is 1. The molecule has 2 atom stereocenters. The van der Waals surface area contributed by atoms with Crippen molar-refractivity contribution in [1.29, 1.82) is 0 Å². The Morgan fingerprint density at radius 2 is 2.00 bits per heavy atom. The number of halogens is 2. The van der Waals surface area contributed by atoms with Gasteiger partial charge in [-0.3, -0.25) is 4.79 Å². The first kappa shape index (κ1) is 21.2. The van der Waals surface area contributed by atoms with Crippen LogP contribution in [0, 0.1) is 0 Å². The summed E-state index contributed by atoms with van der Waals surface area (Å²) in [5, 5.41) is 0.711. The summed E-state index contributed by atoms with van der Waals surface area (Å²) >= 11 is 5.94. The first-order valence-electron chi connectivity index (χ1n) is 8.52. The van der Waals surface area contributed by atoms with Crippen LogP contribution in [0.5, 0.6) is 0 Å². The van der Waals surface area contributed by atoms with Gasteiger partial charge in [-0.1, -0.05) is 43.5 Å². The van der Waals surface area contributed by atoms with Crippen molar-refractivity contribution in [2.75, 3.05) is 13.1 Å². The lowest BCUT2D eigenvalue weighted by atomic mass is 10.1. The molecule has 0 saturated carbocycles. The predicted molar refractivity (Wildman–Crippen MR) is 101 cm³/mol. The molecule has 1 aliphatic heterocycles. The van der Waals surface area contributed by atoms with Gasteiger partial charge in [0.1, 0.15) is 6.10 Å². The Morgan fingerprint density at radius 3 is 2.58 bits per heavy atom. The molecule has 0 unspecified atom stereocenters. The van der Waals surface area contributed by atoms with Crippen LogP contribution in [0.1, 0.15) is 44.6 Å². The second-order valence-corrected chi connectivity index (χ2v) is 6.59. The molecule has 0 aromatic heterocycles. The van der Waals surface area contributed by atoms with Crippen LogP contribution in [0.3, 0.4) is 0 Å². The summed E-state index contributed by atoms with van der Waals surface area (Å²) in [4.78, 5) is 14.7. The Balaban J connectivity index is 0.00000288. The van der Waals surface area contributed by atoms with Crippen LogP contribution in [0.25, 0.3) is 0 Å². The third-order valence-corrected chi connectivity index (χ3v) is 4.53. The highest BCUT2D eigenvalue weighted by Gasteiger charge is 2.32. The summed E-state index contributed by atoms with van der Waals surface area (Å²) in [7, 11) is 0. The molecular weight excluding hydrogens is 347 g/mol. The number of nitrogens with zero attached hydrogens (tertiary/aromatic N) is 1. The molecule has 1 aliphatic rings. The maximum absolute atomic E-state index is 12.8. The van der Waals surface area contributed by atoms with Crippen LogP contribution in [0.4, 0.5) is 0 Å². The fourth-order valence-electron chi connectivity index (χ4n) is 2.89. The molecule has 24 heavy (non-hydrogen) atoms. The summed E-state index contributed by atoms with van der Waals surface area (Å²) in [6.07, 6.45) is 4.61. The minimum Gasteiger partial charge on any atom is -0.364 e. The van der Waals surface area contributed by atoms with E-state index in [1.54, 1.807) is 0 Å². The van der Waals surface area contributed by atoms with E-state index in [1.165, 1.54) is 0 Å². The van der Waals surface area contributed by atoms with Crippen molar-refractivity contribution in [3.63, 3.8) is 0 Å². The molecule has 1 fully saturated rings. The lowest BCUT2D eigenvalue weighted by molar-refractivity contribution is -0.143. The zero-order valence-electron chi connectivity index (χ0n) is 14.2. The third-order valence-electron chi connectivity index (χ3n) is 4.28. The molecule has 2 N–H and O–H groups in total. The fourth-order valence-corrected chi connectivity index (χ4v) is 3.02. The van der Waals surface area contributed by atoms with E-state index in [2.05, 4.69) is 6.92 Å². The van der Waals surface area contributed by atoms with E-state index in [4.69, 9.17) is 22.1 Å². The SMILES string of the molecule is CCCCCN(Cc1ccc(Cl)cc1)C(=O)[C@@H]1CC[C@H](CN)O1.Cl. The minimum atomic E-state index is -0.336. The van der Waals surface area contributed by atoms with Crippen molar-refractivity contribution in [2.45, 2.75) is 57.8 Å². The van der Waals surface area contributed by atoms with Crippen LogP contribution in [0.15, 0.2) is 24.3 Å². The zero-order chi connectivity index (χ0) is 16.7. The Morgan fingerprint density at radius 1 is 1.29 bits per heavy atom. The number of rotatable bonds is 8. The number of benzene rings is 1. The van der Waals surface area contributed by atoms with Crippen molar-refractivity contribution in [3.05, 3.63) is 34.9 Å². The molecule has 2 rings (SSSR count). The monoisotopic (exact) mass is 374 g/mol. The van der Waals surface area contributed by atoms with E-state index in [1.807, 2.05) is 29.2 Å².